The van der Waals surface area contributed by atoms with Crippen LogP contribution in [0.15, 0.2) is 41.5 Å². The first-order chi connectivity index (χ1) is 13.8. The van der Waals surface area contributed by atoms with Crippen LogP contribution >= 0.6 is 0 Å². The van der Waals surface area contributed by atoms with E-state index in [9.17, 15) is 14.6 Å². The van der Waals surface area contributed by atoms with Crippen LogP contribution in [0.4, 0.5) is 4.39 Å². The number of allylic oxidation sites excluding steroid dienone is 1. The van der Waals surface area contributed by atoms with E-state index in [1.165, 1.54) is 11.6 Å². The lowest BCUT2D eigenvalue weighted by Gasteiger charge is -2.57. The molecule has 0 heterocycles. The van der Waals surface area contributed by atoms with Gasteiger partial charge < -0.3 is 10.2 Å². The Morgan fingerprint density at radius 1 is 1.03 bits per heavy atom. The van der Waals surface area contributed by atoms with Gasteiger partial charge in [0.1, 0.15) is 5.82 Å². The number of aliphatic hydroxyl groups is 2. The molecule has 0 aromatic heterocycles. The molecule has 29 heavy (non-hydrogen) atoms. The summed E-state index contributed by atoms with van der Waals surface area (Å²) in [6.07, 6.45) is 10.6. The first-order valence-corrected chi connectivity index (χ1v) is 11.3. The van der Waals surface area contributed by atoms with Gasteiger partial charge in [0.05, 0.1) is 12.2 Å². The zero-order valence-electron chi connectivity index (χ0n) is 17.6. The molecule has 0 amide bonds. The van der Waals surface area contributed by atoms with Gasteiger partial charge in [-0.1, -0.05) is 49.8 Å². The second kappa shape index (κ2) is 6.78. The van der Waals surface area contributed by atoms with Crippen LogP contribution in [0, 0.1) is 34.4 Å². The second-order valence-electron chi connectivity index (χ2n) is 10.5. The van der Waals surface area contributed by atoms with Crippen LogP contribution in [0.2, 0.25) is 0 Å². The maximum Gasteiger partial charge on any atom is 0.130 e. The molecule has 3 heteroatoms. The molecule has 0 saturated heterocycles. The highest BCUT2D eigenvalue weighted by Crippen LogP contribution is 2.65. The summed E-state index contributed by atoms with van der Waals surface area (Å²) in [5.41, 5.74) is 3.14. The molecule has 0 bridgehead atoms. The first-order valence-electron chi connectivity index (χ1n) is 11.3. The van der Waals surface area contributed by atoms with E-state index in [2.05, 4.69) is 19.9 Å². The van der Waals surface area contributed by atoms with Crippen LogP contribution in [0.3, 0.4) is 0 Å². The molecule has 4 aliphatic carbocycles. The Morgan fingerprint density at radius 2 is 1.83 bits per heavy atom. The third kappa shape index (κ3) is 2.88. The Hall–Kier alpha value is -1.45. The fourth-order valence-electron chi connectivity index (χ4n) is 7.43. The second-order valence-corrected chi connectivity index (χ2v) is 10.5. The van der Waals surface area contributed by atoms with Gasteiger partial charge in [-0.2, -0.15) is 0 Å². The molecule has 156 valence electrons. The predicted octanol–water partition coefficient (Wildman–Crippen LogP) is 5.50. The molecule has 0 aliphatic heterocycles. The van der Waals surface area contributed by atoms with Crippen LogP contribution in [0.5, 0.6) is 0 Å². The minimum Gasteiger partial charge on any atom is -0.393 e. The van der Waals surface area contributed by atoms with Gasteiger partial charge >= 0.3 is 0 Å². The van der Waals surface area contributed by atoms with E-state index in [1.807, 2.05) is 12.1 Å². The maximum atomic E-state index is 14.2. The number of aliphatic hydroxyl groups excluding tert-OH is 2. The lowest BCUT2D eigenvalue weighted by atomic mass is 9.48. The van der Waals surface area contributed by atoms with Crippen molar-refractivity contribution in [3.63, 3.8) is 0 Å². The van der Waals surface area contributed by atoms with E-state index in [4.69, 9.17) is 0 Å². The van der Waals surface area contributed by atoms with E-state index >= 15 is 0 Å². The molecule has 2 N–H and O–H groups in total. The molecule has 5 rings (SSSR count). The summed E-state index contributed by atoms with van der Waals surface area (Å²) in [4.78, 5) is 0. The zero-order chi connectivity index (χ0) is 20.4. The molecule has 3 saturated carbocycles. The van der Waals surface area contributed by atoms with Crippen molar-refractivity contribution in [3.05, 3.63) is 52.9 Å². The van der Waals surface area contributed by atoms with Crippen molar-refractivity contribution >= 4 is 6.08 Å². The molecule has 3 fully saturated rings. The van der Waals surface area contributed by atoms with Crippen molar-refractivity contribution in [1.82, 2.24) is 0 Å². The largest absolute Gasteiger partial charge is 0.393 e. The molecule has 4 aliphatic rings. The SMILES string of the molecule is CC12CCC(O)CC1=CCC1C2CCC2(C)C(O)/C(=C/c3ccccc3F)CC12. The number of benzene rings is 1. The van der Waals surface area contributed by atoms with Gasteiger partial charge in [-0.15, -0.1) is 0 Å². The van der Waals surface area contributed by atoms with Gasteiger partial charge in [-0.25, -0.2) is 4.39 Å². The topological polar surface area (TPSA) is 40.5 Å². The van der Waals surface area contributed by atoms with E-state index in [0.717, 1.165) is 50.5 Å². The van der Waals surface area contributed by atoms with Crippen LogP contribution in [0.25, 0.3) is 6.08 Å². The molecule has 1 aromatic carbocycles. The van der Waals surface area contributed by atoms with Crippen LogP contribution < -0.4 is 0 Å². The van der Waals surface area contributed by atoms with E-state index < -0.39 is 6.10 Å². The van der Waals surface area contributed by atoms with Crippen LogP contribution in [-0.2, 0) is 0 Å². The normalized spacial score (nSPS) is 45.3. The standard InChI is InChI=1S/C26H33FO2/c1-25-11-9-19(28)15-18(25)7-8-20-21(25)10-12-26(2)22(20)14-17(24(26)29)13-16-5-3-4-6-23(16)27/h3-7,13,19-22,24,28-29H,8-12,14-15H2,1-2H3/b17-13+. The Balaban J connectivity index is 1.48. The first kappa shape index (κ1) is 19.5. The maximum absolute atomic E-state index is 14.2. The van der Waals surface area contributed by atoms with Crippen molar-refractivity contribution in [2.45, 2.75) is 71.0 Å². The minimum atomic E-state index is -0.487. The molecular weight excluding hydrogens is 363 g/mol. The highest BCUT2D eigenvalue weighted by Gasteiger charge is 2.59. The molecule has 0 spiro atoms. The smallest absolute Gasteiger partial charge is 0.130 e. The average molecular weight is 397 g/mol. The number of rotatable bonds is 1. The van der Waals surface area contributed by atoms with Gasteiger partial charge in [-0.05, 0) is 79.8 Å². The Labute approximate surface area is 173 Å². The zero-order valence-corrected chi connectivity index (χ0v) is 17.6. The van der Waals surface area contributed by atoms with E-state index in [0.29, 0.717) is 23.3 Å². The van der Waals surface area contributed by atoms with Gasteiger partial charge in [0.2, 0.25) is 0 Å². The van der Waals surface area contributed by atoms with Crippen molar-refractivity contribution in [2.24, 2.45) is 28.6 Å². The quantitative estimate of drug-likeness (QED) is 0.615. The Bertz CT molecular complexity index is 873. The summed E-state index contributed by atoms with van der Waals surface area (Å²) >= 11 is 0. The third-order valence-electron chi connectivity index (χ3n) is 9.19. The summed E-state index contributed by atoms with van der Waals surface area (Å²) in [5, 5.41) is 21.4. The van der Waals surface area contributed by atoms with Crippen molar-refractivity contribution in [3.8, 4) is 0 Å². The fourth-order valence-corrected chi connectivity index (χ4v) is 7.43. The lowest BCUT2D eigenvalue weighted by Crippen LogP contribution is -2.51. The average Bonchev–Trinajstić information content (AvgIpc) is 2.95. The van der Waals surface area contributed by atoms with E-state index in [-0.39, 0.29) is 22.8 Å². The Morgan fingerprint density at radius 3 is 2.62 bits per heavy atom. The summed E-state index contributed by atoms with van der Waals surface area (Å²) in [7, 11) is 0. The van der Waals surface area contributed by atoms with Gasteiger partial charge in [-0.3, -0.25) is 0 Å². The molecule has 2 nitrogen and oxygen atoms in total. The number of halogens is 1. The highest BCUT2D eigenvalue weighted by molar-refractivity contribution is 5.56. The molecule has 7 unspecified atom stereocenters. The summed E-state index contributed by atoms with van der Waals surface area (Å²) in [6.45, 7) is 4.68. The fraction of sp³-hybridized carbons (Fsp3) is 0.615. The number of fused-ring (bicyclic) bond motifs is 5. The summed E-state index contributed by atoms with van der Waals surface area (Å²) < 4.78 is 14.2. The van der Waals surface area contributed by atoms with E-state index in [1.54, 1.807) is 12.1 Å². The summed E-state index contributed by atoms with van der Waals surface area (Å²) in [6, 6.07) is 6.85. The monoisotopic (exact) mass is 396 g/mol. The van der Waals surface area contributed by atoms with Gasteiger partial charge in [0.25, 0.3) is 0 Å². The molecular formula is C26H33FO2. The highest BCUT2D eigenvalue weighted by atomic mass is 19.1. The van der Waals surface area contributed by atoms with Crippen LogP contribution in [-0.4, -0.2) is 22.4 Å². The van der Waals surface area contributed by atoms with Gasteiger partial charge in [0.15, 0.2) is 0 Å². The van der Waals surface area contributed by atoms with Crippen molar-refractivity contribution < 1.29 is 14.6 Å². The van der Waals surface area contributed by atoms with Gasteiger partial charge in [0, 0.05) is 11.0 Å². The summed E-state index contributed by atoms with van der Waals surface area (Å²) in [5.74, 6) is 1.42. The van der Waals surface area contributed by atoms with Crippen molar-refractivity contribution in [2.75, 3.05) is 0 Å². The number of hydrogen-bond acceptors (Lipinski definition) is 2. The Kier molecular flexibility index (Phi) is 4.56. The number of hydrogen-bond donors (Lipinski definition) is 2. The van der Waals surface area contributed by atoms with Crippen LogP contribution in [0.1, 0.15) is 64.4 Å². The third-order valence-corrected chi connectivity index (χ3v) is 9.19. The predicted molar refractivity (Wildman–Crippen MR) is 113 cm³/mol. The minimum absolute atomic E-state index is 0.117. The molecule has 7 atom stereocenters. The molecule has 1 aromatic rings. The van der Waals surface area contributed by atoms with Crippen molar-refractivity contribution in [1.29, 1.82) is 0 Å². The lowest BCUT2D eigenvalue weighted by molar-refractivity contribution is -0.0685. The molecule has 0 radical (unpaired) electrons.